The van der Waals surface area contributed by atoms with Crippen LogP contribution < -0.4 is 4.74 Å². The van der Waals surface area contributed by atoms with Crippen LogP contribution in [0.25, 0.3) is 10.9 Å². The third kappa shape index (κ3) is 2.47. The molecule has 19 heavy (non-hydrogen) atoms. The van der Waals surface area contributed by atoms with Crippen molar-refractivity contribution in [3.63, 3.8) is 0 Å². The highest BCUT2D eigenvalue weighted by atomic mass is 16.5. The van der Waals surface area contributed by atoms with Crippen LogP contribution in [0.2, 0.25) is 0 Å². The number of ether oxygens (including phenoxy) is 1. The lowest BCUT2D eigenvalue weighted by Gasteiger charge is -2.33. The van der Waals surface area contributed by atoms with E-state index in [4.69, 9.17) is 4.74 Å². The SMILES string of the molecule is COc1ccc2c(ccn2CC(C)(C)N(C)C)c1C. The number of fused-ring (bicyclic) bond motifs is 1. The summed E-state index contributed by atoms with van der Waals surface area (Å²) in [6.45, 7) is 7.60. The van der Waals surface area contributed by atoms with Gasteiger partial charge in [0.25, 0.3) is 0 Å². The standard InChI is InChI=1S/C16H24N2O/c1-12-13-9-10-18(11-16(2,3)17(4)5)14(13)7-8-15(12)19-6/h7-10H,11H2,1-6H3. The minimum Gasteiger partial charge on any atom is -0.496 e. The van der Waals surface area contributed by atoms with E-state index in [1.54, 1.807) is 7.11 Å². The van der Waals surface area contributed by atoms with Crippen LogP contribution in [0.5, 0.6) is 5.75 Å². The van der Waals surface area contributed by atoms with Crippen molar-refractivity contribution in [1.29, 1.82) is 0 Å². The van der Waals surface area contributed by atoms with Crippen LogP contribution in [0.4, 0.5) is 0 Å². The largest absolute Gasteiger partial charge is 0.496 e. The lowest BCUT2D eigenvalue weighted by molar-refractivity contribution is 0.171. The molecular weight excluding hydrogens is 236 g/mol. The molecule has 0 fully saturated rings. The quantitative estimate of drug-likeness (QED) is 0.839. The topological polar surface area (TPSA) is 17.4 Å². The highest BCUT2D eigenvalue weighted by Crippen LogP contribution is 2.29. The zero-order valence-corrected chi connectivity index (χ0v) is 12.8. The lowest BCUT2D eigenvalue weighted by Crippen LogP contribution is -2.41. The van der Waals surface area contributed by atoms with Crippen molar-refractivity contribution >= 4 is 10.9 Å². The fraction of sp³-hybridized carbons (Fsp3) is 0.500. The van der Waals surface area contributed by atoms with Crippen molar-refractivity contribution in [2.75, 3.05) is 21.2 Å². The molecule has 0 N–H and O–H groups in total. The van der Waals surface area contributed by atoms with Crippen LogP contribution in [0.3, 0.4) is 0 Å². The van der Waals surface area contributed by atoms with Gasteiger partial charge in [0.2, 0.25) is 0 Å². The van der Waals surface area contributed by atoms with E-state index in [9.17, 15) is 0 Å². The van der Waals surface area contributed by atoms with Gasteiger partial charge in [-0.1, -0.05) is 0 Å². The van der Waals surface area contributed by atoms with Crippen LogP contribution in [0, 0.1) is 6.92 Å². The highest BCUT2D eigenvalue weighted by molar-refractivity contribution is 5.85. The number of rotatable bonds is 4. The van der Waals surface area contributed by atoms with Gasteiger partial charge in [0.05, 0.1) is 7.11 Å². The number of hydrogen-bond donors (Lipinski definition) is 0. The van der Waals surface area contributed by atoms with Crippen molar-refractivity contribution in [3.05, 3.63) is 30.0 Å². The molecule has 1 aromatic heterocycles. The summed E-state index contributed by atoms with van der Waals surface area (Å²) in [7, 11) is 5.97. The molecule has 3 nitrogen and oxygen atoms in total. The summed E-state index contributed by atoms with van der Waals surface area (Å²) in [5.41, 5.74) is 2.61. The van der Waals surface area contributed by atoms with E-state index < -0.39 is 0 Å². The number of aromatic nitrogens is 1. The van der Waals surface area contributed by atoms with Crippen molar-refractivity contribution in [1.82, 2.24) is 9.47 Å². The molecule has 0 atom stereocenters. The second-order valence-electron chi connectivity index (χ2n) is 5.98. The van der Waals surface area contributed by atoms with Crippen molar-refractivity contribution < 1.29 is 4.74 Å². The molecule has 2 rings (SSSR count). The summed E-state index contributed by atoms with van der Waals surface area (Å²) >= 11 is 0. The number of methoxy groups -OCH3 is 1. The zero-order valence-electron chi connectivity index (χ0n) is 12.8. The van der Waals surface area contributed by atoms with Gasteiger partial charge in [-0.25, -0.2) is 0 Å². The Morgan fingerprint density at radius 3 is 2.47 bits per heavy atom. The Hall–Kier alpha value is -1.48. The molecule has 104 valence electrons. The molecular formula is C16H24N2O. The van der Waals surface area contributed by atoms with Gasteiger partial charge < -0.3 is 14.2 Å². The molecule has 0 aliphatic carbocycles. The summed E-state index contributed by atoms with van der Waals surface area (Å²) in [4.78, 5) is 2.26. The molecule has 2 aromatic rings. The Morgan fingerprint density at radius 2 is 1.89 bits per heavy atom. The van der Waals surface area contributed by atoms with Gasteiger partial charge in [-0.3, -0.25) is 0 Å². The smallest absolute Gasteiger partial charge is 0.122 e. The van der Waals surface area contributed by atoms with Crippen LogP contribution in [0.1, 0.15) is 19.4 Å². The third-order valence-corrected chi connectivity index (χ3v) is 4.16. The maximum absolute atomic E-state index is 5.38. The molecule has 1 aromatic carbocycles. The molecule has 0 unspecified atom stereocenters. The molecule has 0 bridgehead atoms. The summed E-state index contributed by atoms with van der Waals surface area (Å²) in [6, 6.07) is 6.38. The minimum atomic E-state index is 0.125. The first-order valence-corrected chi connectivity index (χ1v) is 6.66. The highest BCUT2D eigenvalue weighted by Gasteiger charge is 2.21. The molecule has 0 radical (unpaired) electrons. The monoisotopic (exact) mass is 260 g/mol. The average molecular weight is 260 g/mol. The average Bonchev–Trinajstić information content (AvgIpc) is 2.73. The van der Waals surface area contributed by atoms with Crippen LogP contribution >= 0.6 is 0 Å². The van der Waals surface area contributed by atoms with Gasteiger partial charge in [0.1, 0.15) is 5.75 Å². The summed E-state index contributed by atoms with van der Waals surface area (Å²) in [6.07, 6.45) is 2.17. The van der Waals surface area contributed by atoms with E-state index in [2.05, 4.69) is 68.7 Å². The van der Waals surface area contributed by atoms with E-state index in [-0.39, 0.29) is 5.54 Å². The predicted octanol–water partition coefficient (Wildman–Crippen LogP) is 3.30. The molecule has 0 aliphatic heterocycles. The Labute approximate surface area is 115 Å². The van der Waals surface area contributed by atoms with Crippen LogP contribution in [0.15, 0.2) is 24.4 Å². The molecule has 0 amide bonds. The first-order chi connectivity index (χ1) is 8.86. The van der Waals surface area contributed by atoms with E-state index in [0.29, 0.717) is 0 Å². The van der Waals surface area contributed by atoms with Crippen molar-refractivity contribution in [2.24, 2.45) is 0 Å². The first-order valence-electron chi connectivity index (χ1n) is 6.66. The molecule has 0 saturated carbocycles. The number of hydrogen-bond acceptors (Lipinski definition) is 2. The van der Waals surface area contributed by atoms with E-state index in [1.807, 2.05) is 0 Å². The Bertz CT molecular complexity index is 582. The number of nitrogens with zero attached hydrogens (tertiary/aromatic N) is 2. The second kappa shape index (κ2) is 4.89. The van der Waals surface area contributed by atoms with Crippen molar-refractivity contribution in [2.45, 2.75) is 32.9 Å². The normalized spacial score (nSPS) is 12.4. The minimum absolute atomic E-state index is 0.125. The molecule has 3 heteroatoms. The van der Waals surface area contributed by atoms with Gasteiger partial charge in [-0.2, -0.15) is 0 Å². The van der Waals surface area contributed by atoms with Gasteiger partial charge in [0, 0.05) is 34.7 Å². The summed E-state index contributed by atoms with van der Waals surface area (Å²) < 4.78 is 7.71. The maximum atomic E-state index is 5.38. The maximum Gasteiger partial charge on any atom is 0.122 e. The predicted molar refractivity (Wildman–Crippen MR) is 81.0 cm³/mol. The van der Waals surface area contributed by atoms with E-state index in [0.717, 1.165) is 12.3 Å². The molecule has 0 aliphatic rings. The van der Waals surface area contributed by atoms with Crippen LogP contribution in [-0.4, -0.2) is 36.2 Å². The van der Waals surface area contributed by atoms with Gasteiger partial charge in [-0.15, -0.1) is 0 Å². The number of likely N-dealkylation sites (N-methyl/N-ethyl adjacent to an activating group) is 1. The van der Waals surface area contributed by atoms with Gasteiger partial charge in [-0.05, 0) is 53.1 Å². The Balaban J connectivity index is 2.45. The Morgan fingerprint density at radius 1 is 1.21 bits per heavy atom. The van der Waals surface area contributed by atoms with Crippen molar-refractivity contribution in [3.8, 4) is 5.75 Å². The lowest BCUT2D eigenvalue weighted by atomic mass is 10.0. The number of aryl methyl sites for hydroxylation is 1. The first kappa shape index (κ1) is 13.9. The fourth-order valence-corrected chi connectivity index (χ4v) is 2.32. The Kier molecular flexibility index (Phi) is 3.59. The van der Waals surface area contributed by atoms with Crippen LogP contribution in [-0.2, 0) is 6.54 Å². The number of benzene rings is 1. The molecule has 0 saturated heterocycles. The van der Waals surface area contributed by atoms with Gasteiger partial charge in [0.15, 0.2) is 0 Å². The summed E-state index contributed by atoms with van der Waals surface area (Å²) in [5.74, 6) is 0.956. The third-order valence-electron chi connectivity index (χ3n) is 4.16. The second-order valence-corrected chi connectivity index (χ2v) is 5.98. The zero-order chi connectivity index (χ0) is 14.2. The summed E-state index contributed by atoms with van der Waals surface area (Å²) in [5, 5.41) is 1.27. The molecule has 0 spiro atoms. The fourth-order valence-electron chi connectivity index (χ4n) is 2.32. The van der Waals surface area contributed by atoms with E-state index >= 15 is 0 Å². The van der Waals surface area contributed by atoms with E-state index in [1.165, 1.54) is 16.5 Å². The molecule has 1 heterocycles. The van der Waals surface area contributed by atoms with Gasteiger partial charge >= 0.3 is 0 Å².